The van der Waals surface area contributed by atoms with Gasteiger partial charge in [0.05, 0.1) is 13.7 Å². The van der Waals surface area contributed by atoms with Gasteiger partial charge in [0.25, 0.3) is 0 Å². The number of anilines is 1. The van der Waals surface area contributed by atoms with Gasteiger partial charge in [0.1, 0.15) is 5.75 Å². The molecule has 0 unspecified atom stereocenters. The summed E-state index contributed by atoms with van der Waals surface area (Å²) < 4.78 is 10.4. The van der Waals surface area contributed by atoms with Crippen molar-refractivity contribution < 1.29 is 14.3 Å². The Balaban J connectivity index is 1.64. The van der Waals surface area contributed by atoms with E-state index in [1.54, 1.807) is 23.8 Å². The molecule has 0 spiro atoms. The van der Waals surface area contributed by atoms with Gasteiger partial charge in [-0.3, -0.25) is 4.90 Å². The largest absolute Gasteiger partial charge is 0.497 e. The first-order valence-corrected chi connectivity index (χ1v) is 9.47. The molecule has 0 fully saturated rings. The molecule has 1 aromatic carbocycles. The highest BCUT2D eigenvalue weighted by Gasteiger charge is 2.39. The van der Waals surface area contributed by atoms with E-state index in [0.717, 1.165) is 36.4 Å². The van der Waals surface area contributed by atoms with Gasteiger partial charge in [0.15, 0.2) is 10.6 Å². The topological polar surface area (TPSA) is 62.8 Å². The van der Waals surface area contributed by atoms with Crippen molar-refractivity contribution in [2.45, 2.75) is 31.7 Å². The number of hydrogen-bond acceptors (Lipinski definition) is 5. The number of carbonyl (C=O) groups excluding carboxylic acids is 1. The number of thiocarbonyl (C=S) groups is 1. The van der Waals surface area contributed by atoms with Crippen molar-refractivity contribution in [3.63, 3.8) is 0 Å². The zero-order valence-corrected chi connectivity index (χ0v) is 15.8. The smallest absolute Gasteiger partial charge is 0.416 e. The lowest BCUT2D eigenvalue weighted by Gasteiger charge is -2.27. The van der Waals surface area contributed by atoms with Crippen LogP contribution >= 0.6 is 24.0 Å². The first-order valence-electron chi connectivity index (χ1n) is 8.18. The predicted octanol–water partition coefficient (Wildman–Crippen LogP) is 3.87. The zero-order valence-electron chi connectivity index (χ0n) is 14.2. The highest BCUT2D eigenvalue weighted by Crippen LogP contribution is 2.46. The van der Waals surface area contributed by atoms with E-state index in [9.17, 15) is 4.79 Å². The van der Waals surface area contributed by atoms with E-state index < -0.39 is 0 Å². The molecule has 1 aromatic rings. The predicted molar refractivity (Wildman–Crippen MR) is 103 cm³/mol. The van der Waals surface area contributed by atoms with E-state index >= 15 is 0 Å². The fourth-order valence-corrected chi connectivity index (χ4v) is 4.53. The van der Waals surface area contributed by atoms with Gasteiger partial charge < -0.3 is 20.1 Å². The van der Waals surface area contributed by atoms with E-state index in [2.05, 4.69) is 10.6 Å². The molecule has 0 saturated carbocycles. The summed E-state index contributed by atoms with van der Waals surface area (Å²) in [4.78, 5) is 15.3. The number of ether oxygens (including phenoxy) is 2. The summed E-state index contributed by atoms with van der Waals surface area (Å²) in [5.74, 6) is 0.782. The molecular formula is C17H21N3O3S2. The van der Waals surface area contributed by atoms with Crippen molar-refractivity contribution in [2.75, 3.05) is 19.0 Å². The molecule has 1 aliphatic carbocycles. The van der Waals surface area contributed by atoms with Crippen LogP contribution < -0.4 is 15.4 Å². The number of nitrogens with one attached hydrogen (secondary N) is 2. The lowest BCUT2D eigenvalue weighted by molar-refractivity contribution is 0.114. The van der Waals surface area contributed by atoms with Crippen LogP contribution in [0.3, 0.4) is 0 Å². The minimum atomic E-state index is -0.327. The van der Waals surface area contributed by atoms with Crippen LogP contribution in [0.25, 0.3) is 0 Å². The average Bonchev–Trinajstić information content (AvgIpc) is 3.16. The molecule has 1 atom stereocenters. The highest BCUT2D eigenvalue weighted by atomic mass is 32.2. The highest BCUT2D eigenvalue weighted by molar-refractivity contribution is 8.03. The number of rotatable bonds is 4. The first-order chi connectivity index (χ1) is 12.1. The number of carbonyl (C=O) groups is 1. The monoisotopic (exact) mass is 379 g/mol. The Labute approximate surface area is 156 Å². The van der Waals surface area contributed by atoms with Crippen LogP contribution in [0.1, 0.15) is 26.2 Å². The second-order valence-electron chi connectivity index (χ2n) is 5.59. The minimum Gasteiger partial charge on any atom is -0.497 e. The number of hydrogen-bond donors (Lipinski definition) is 2. The van der Waals surface area contributed by atoms with Crippen molar-refractivity contribution in [1.82, 2.24) is 10.2 Å². The molecule has 8 heteroatoms. The van der Waals surface area contributed by atoms with Crippen molar-refractivity contribution in [3.05, 3.63) is 34.9 Å². The summed E-state index contributed by atoms with van der Waals surface area (Å²) in [6.45, 7) is 2.16. The fraction of sp³-hybridized carbons (Fsp3) is 0.412. The van der Waals surface area contributed by atoms with Crippen molar-refractivity contribution >= 4 is 40.9 Å². The molecule has 0 bridgehead atoms. The van der Waals surface area contributed by atoms with Crippen LogP contribution in [0, 0.1) is 0 Å². The number of benzene rings is 1. The van der Waals surface area contributed by atoms with Gasteiger partial charge in [-0.15, -0.1) is 0 Å². The number of thioether (sulfide) groups is 1. The number of allylic oxidation sites excluding steroid dienone is 2. The Morgan fingerprint density at radius 3 is 2.80 bits per heavy atom. The summed E-state index contributed by atoms with van der Waals surface area (Å²) in [5, 5.41) is 6.80. The van der Waals surface area contributed by atoms with Crippen molar-refractivity contribution in [2.24, 2.45) is 0 Å². The van der Waals surface area contributed by atoms with Gasteiger partial charge >= 0.3 is 6.09 Å². The summed E-state index contributed by atoms with van der Waals surface area (Å²) in [6, 6.07) is 7.48. The van der Waals surface area contributed by atoms with E-state index in [1.807, 2.05) is 31.2 Å². The van der Waals surface area contributed by atoms with Gasteiger partial charge in [0, 0.05) is 16.3 Å². The lowest BCUT2D eigenvalue weighted by Crippen LogP contribution is -2.47. The van der Waals surface area contributed by atoms with Crippen LogP contribution in [0.2, 0.25) is 0 Å². The van der Waals surface area contributed by atoms with Gasteiger partial charge in [-0.1, -0.05) is 11.8 Å². The normalized spacial score (nSPS) is 18.8. The molecule has 0 radical (unpaired) electrons. The molecule has 0 aromatic heterocycles. The third-order valence-electron chi connectivity index (χ3n) is 3.99. The molecule has 1 amide bonds. The molecule has 134 valence electrons. The maximum atomic E-state index is 12.3. The molecular weight excluding hydrogens is 358 g/mol. The molecule has 3 rings (SSSR count). The summed E-state index contributed by atoms with van der Waals surface area (Å²) in [7, 11) is 1.63. The van der Waals surface area contributed by atoms with Gasteiger partial charge in [-0.2, -0.15) is 0 Å². The van der Waals surface area contributed by atoms with Crippen LogP contribution in [0.15, 0.2) is 34.9 Å². The third kappa shape index (κ3) is 4.01. The quantitative estimate of drug-likeness (QED) is 0.770. The summed E-state index contributed by atoms with van der Waals surface area (Å²) >= 11 is 7.04. The molecule has 25 heavy (non-hydrogen) atoms. The molecule has 1 heterocycles. The summed E-state index contributed by atoms with van der Waals surface area (Å²) in [5.41, 5.74) is 1.64. The second-order valence-corrected chi connectivity index (χ2v) is 7.17. The Hall–Kier alpha value is -1.93. The van der Waals surface area contributed by atoms with Gasteiger partial charge in [-0.25, -0.2) is 4.79 Å². The first kappa shape index (κ1) is 17.9. The second kappa shape index (κ2) is 7.97. The fourth-order valence-electron chi connectivity index (χ4n) is 2.86. The molecule has 2 N–H and O–H groups in total. The maximum absolute atomic E-state index is 12.3. The van der Waals surface area contributed by atoms with E-state index in [0.29, 0.717) is 11.7 Å². The number of methoxy groups -OCH3 is 1. The average molecular weight is 380 g/mol. The van der Waals surface area contributed by atoms with Crippen molar-refractivity contribution in [3.8, 4) is 5.75 Å². The van der Waals surface area contributed by atoms with Crippen LogP contribution in [0.4, 0.5) is 10.5 Å². The SMILES string of the molecule is CCOC(=O)N1C2=C(CCC2)S[C@H]1NC(=S)Nc1ccc(OC)cc1. The third-order valence-corrected chi connectivity index (χ3v) is 5.48. The standard InChI is InChI=1S/C17H21N3O3S2/c1-3-23-17(21)20-13-5-4-6-14(13)25-16(20)19-15(24)18-11-7-9-12(22-2)10-8-11/h7-10,16H,3-6H2,1-2H3,(H2,18,19,24)/t16-/m0/s1. The van der Waals surface area contributed by atoms with E-state index in [-0.39, 0.29) is 11.6 Å². The van der Waals surface area contributed by atoms with Crippen molar-refractivity contribution in [1.29, 1.82) is 0 Å². The Morgan fingerprint density at radius 2 is 2.12 bits per heavy atom. The lowest BCUT2D eigenvalue weighted by atomic mass is 10.3. The number of amides is 1. The van der Waals surface area contributed by atoms with Crippen LogP contribution in [-0.4, -0.2) is 35.3 Å². The molecule has 1 aliphatic heterocycles. The van der Waals surface area contributed by atoms with E-state index in [4.69, 9.17) is 21.7 Å². The molecule has 0 saturated heterocycles. The number of nitrogens with zero attached hydrogens (tertiary/aromatic N) is 1. The molecule has 6 nitrogen and oxygen atoms in total. The van der Waals surface area contributed by atoms with E-state index in [1.165, 1.54) is 4.91 Å². The zero-order chi connectivity index (χ0) is 17.8. The van der Waals surface area contributed by atoms with Crippen LogP contribution in [0.5, 0.6) is 5.75 Å². The summed E-state index contributed by atoms with van der Waals surface area (Å²) in [6.07, 6.45) is 2.66. The van der Waals surface area contributed by atoms with Gasteiger partial charge in [0.2, 0.25) is 0 Å². The maximum Gasteiger partial charge on any atom is 0.416 e. The van der Waals surface area contributed by atoms with Crippen LogP contribution in [-0.2, 0) is 4.74 Å². The minimum absolute atomic E-state index is 0.275. The molecule has 2 aliphatic rings. The Morgan fingerprint density at radius 1 is 1.36 bits per heavy atom. The Kier molecular flexibility index (Phi) is 5.70. The Bertz CT molecular complexity index is 691. The van der Waals surface area contributed by atoms with Gasteiger partial charge in [-0.05, 0) is 62.7 Å².